The Labute approximate surface area is 114 Å². The average Bonchev–Trinajstić information content (AvgIpc) is 2.74. The molecule has 4 heteroatoms. The van der Waals surface area contributed by atoms with Crippen molar-refractivity contribution in [2.24, 2.45) is 23.2 Å². The second-order valence-corrected chi connectivity index (χ2v) is 7.23. The van der Waals surface area contributed by atoms with Gasteiger partial charge >= 0.3 is 0 Å². The molecule has 4 saturated carbocycles. The number of hydrogen-bond donors (Lipinski definition) is 1. The highest BCUT2D eigenvalue weighted by atomic mass is 16.5. The summed E-state index contributed by atoms with van der Waals surface area (Å²) in [5, 5.41) is 7.25. The highest BCUT2D eigenvalue weighted by Crippen LogP contribution is 2.60. The Bertz CT molecular complexity index is 432. The first-order valence-electron chi connectivity index (χ1n) is 7.71. The topological polar surface area (TPSA) is 51.0 Å². The van der Waals surface area contributed by atoms with Gasteiger partial charge in [-0.15, -0.1) is 0 Å². The third-order valence-electron chi connectivity index (χ3n) is 5.54. The summed E-state index contributed by atoms with van der Waals surface area (Å²) in [6.45, 7) is 0.674. The maximum atomic E-state index is 5.30. The summed E-state index contributed by atoms with van der Waals surface area (Å²) in [4.78, 5) is 4.54. The van der Waals surface area contributed by atoms with Crippen molar-refractivity contribution < 1.29 is 4.52 Å². The van der Waals surface area contributed by atoms with Crippen LogP contribution in [0.15, 0.2) is 4.52 Å². The first-order valence-corrected chi connectivity index (χ1v) is 7.71. The molecule has 0 radical (unpaired) electrons. The van der Waals surface area contributed by atoms with Crippen molar-refractivity contribution >= 4 is 0 Å². The molecule has 0 amide bonds. The van der Waals surface area contributed by atoms with E-state index in [0.29, 0.717) is 12.0 Å². The van der Waals surface area contributed by atoms with Crippen LogP contribution in [0.25, 0.3) is 0 Å². The van der Waals surface area contributed by atoms with Gasteiger partial charge in [-0.05, 0) is 68.7 Å². The van der Waals surface area contributed by atoms with Crippen LogP contribution >= 0.6 is 0 Å². The lowest BCUT2D eigenvalue weighted by Gasteiger charge is -2.56. The van der Waals surface area contributed by atoms with Gasteiger partial charge in [0, 0.05) is 6.42 Å². The standard InChI is InChI=1S/C15H23N3O/c1-16-9-14-17-13(18-19-14)8-15-5-10-2-11(6-15)4-12(3-10)7-15/h10-12,16H,2-9H2,1H3. The third kappa shape index (κ3) is 2.10. The SMILES string of the molecule is CNCc1nc(CC23CC4CC(CC(C4)C2)C3)no1. The van der Waals surface area contributed by atoms with E-state index in [1.54, 1.807) is 0 Å². The normalized spacial score (nSPS) is 39.9. The molecule has 5 rings (SSSR count). The van der Waals surface area contributed by atoms with E-state index < -0.39 is 0 Å². The average molecular weight is 261 g/mol. The fourth-order valence-corrected chi connectivity index (χ4v) is 5.43. The lowest BCUT2D eigenvalue weighted by atomic mass is 9.49. The van der Waals surface area contributed by atoms with Gasteiger partial charge in [0.2, 0.25) is 5.89 Å². The van der Waals surface area contributed by atoms with E-state index in [1.165, 1.54) is 38.5 Å². The molecule has 1 aromatic heterocycles. The second kappa shape index (κ2) is 4.30. The Morgan fingerprint density at radius 1 is 1.16 bits per heavy atom. The Morgan fingerprint density at radius 3 is 2.37 bits per heavy atom. The predicted octanol–water partition coefficient (Wildman–Crippen LogP) is 2.55. The van der Waals surface area contributed by atoms with Crippen molar-refractivity contribution in [3.05, 3.63) is 11.7 Å². The zero-order chi connectivity index (χ0) is 12.9. The largest absolute Gasteiger partial charge is 0.338 e. The van der Waals surface area contributed by atoms with Crippen LogP contribution < -0.4 is 5.32 Å². The van der Waals surface area contributed by atoms with Crippen LogP contribution in [0, 0.1) is 23.2 Å². The fraction of sp³-hybridized carbons (Fsp3) is 0.867. The van der Waals surface area contributed by atoms with Crippen molar-refractivity contribution in [1.82, 2.24) is 15.5 Å². The number of hydrogen-bond acceptors (Lipinski definition) is 4. The summed E-state index contributed by atoms with van der Waals surface area (Å²) in [6, 6.07) is 0. The van der Waals surface area contributed by atoms with Crippen LogP contribution in [0.5, 0.6) is 0 Å². The summed E-state index contributed by atoms with van der Waals surface area (Å²) in [5.41, 5.74) is 0.509. The van der Waals surface area contributed by atoms with Crippen LogP contribution in [-0.4, -0.2) is 17.2 Å². The molecule has 4 aliphatic carbocycles. The highest BCUT2D eigenvalue weighted by molar-refractivity contribution is 5.05. The van der Waals surface area contributed by atoms with Crippen LogP contribution in [0.1, 0.15) is 50.2 Å². The predicted molar refractivity (Wildman–Crippen MR) is 71.4 cm³/mol. The van der Waals surface area contributed by atoms with Crippen molar-refractivity contribution in [2.45, 2.75) is 51.5 Å². The monoisotopic (exact) mass is 261 g/mol. The van der Waals surface area contributed by atoms with Gasteiger partial charge in [0.25, 0.3) is 0 Å². The van der Waals surface area contributed by atoms with Crippen molar-refractivity contribution in [3.63, 3.8) is 0 Å². The lowest BCUT2D eigenvalue weighted by Crippen LogP contribution is -2.47. The first-order chi connectivity index (χ1) is 9.25. The van der Waals surface area contributed by atoms with Crippen LogP contribution in [-0.2, 0) is 13.0 Å². The van der Waals surface area contributed by atoms with Crippen LogP contribution in [0.4, 0.5) is 0 Å². The number of rotatable bonds is 4. The molecule has 0 atom stereocenters. The van der Waals surface area contributed by atoms with Gasteiger partial charge in [0.05, 0.1) is 6.54 Å². The molecule has 0 unspecified atom stereocenters. The molecule has 4 fully saturated rings. The molecular weight excluding hydrogens is 238 g/mol. The zero-order valence-electron chi connectivity index (χ0n) is 11.7. The van der Waals surface area contributed by atoms with Crippen molar-refractivity contribution in [3.8, 4) is 0 Å². The van der Waals surface area contributed by atoms with E-state index in [4.69, 9.17) is 4.52 Å². The lowest BCUT2D eigenvalue weighted by molar-refractivity contribution is -0.0533. The Morgan fingerprint density at radius 2 is 1.79 bits per heavy atom. The Kier molecular flexibility index (Phi) is 2.69. The molecule has 4 aliphatic rings. The van der Waals surface area contributed by atoms with Gasteiger partial charge in [0.1, 0.15) is 0 Å². The molecule has 1 N–H and O–H groups in total. The summed E-state index contributed by atoms with van der Waals surface area (Å²) in [6.07, 6.45) is 9.77. The van der Waals surface area contributed by atoms with Crippen molar-refractivity contribution in [2.75, 3.05) is 7.05 Å². The summed E-state index contributed by atoms with van der Waals surface area (Å²) in [7, 11) is 1.91. The summed E-state index contributed by atoms with van der Waals surface area (Å²) >= 11 is 0. The summed E-state index contributed by atoms with van der Waals surface area (Å²) < 4.78 is 5.30. The fourth-order valence-electron chi connectivity index (χ4n) is 5.43. The molecule has 1 heterocycles. The van der Waals surface area contributed by atoms with Gasteiger partial charge in [0.15, 0.2) is 5.82 Å². The molecular formula is C15H23N3O. The maximum Gasteiger partial charge on any atom is 0.240 e. The van der Waals surface area contributed by atoms with E-state index in [-0.39, 0.29) is 0 Å². The molecule has 19 heavy (non-hydrogen) atoms. The molecule has 4 nitrogen and oxygen atoms in total. The van der Waals surface area contributed by atoms with E-state index in [0.717, 1.165) is 35.9 Å². The minimum Gasteiger partial charge on any atom is -0.338 e. The van der Waals surface area contributed by atoms with Gasteiger partial charge in [-0.2, -0.15) is 4.98 Å². The number of nitrogens with zero attached hydrogens (tertiary/aromatic N) is 2. The molecule has 0 aliphatic heterocycles. The molecule has 104 valence electrons. The van der Waals surface area contributed by atoms with E-state index >= 15 is 0 Å². The molecule has 4 bridgehead atoms. The quantitative estimate of drug-likeness (QED) is 0.905. The second-order valence-electron chi connectivity index (χ2n) is 7.23. The highest BCUT2D eigenvalue weighted by Gasteiger charge is 2.51. The zero-order valence-corrected chi connectivity index (χ0v) is 11.7. The van der Waals surface area contributed by atoms with E-state index in [1.807, 2.05) is 7.05 Å². The third-order valence-corrected chi connectivity index (χ3v) is 5.54. The maximum absolute atomic E-state index is 5.30. The number of nitrogens with one attached hydrogen (secondary N) is 1. The Hall–Kier alpha value is -0.900. The van der Waals surface area contributed by atoms with Gasteiger partial charge in [-0.25, -0.2) is 0 Å². The minimum atomic E-state index is 0.509. The summed E-state index contributed by atoms with van der Waals surface area (Å²) in [5.74, 6) is 4.65. The first kappa shape index (κ1) is 11.9. The Balaban J connectivity index is 1.52. The van der Waals surface area contributed by atoms with Crippen LogP contribution in [0.2, 0.25) is 0 Å². The molecule has 0 aromatic carbocycles. The molecule has 1 aromatic rings. The smallest absolute Gasteiger partial charge is 0.240 e. The molecule has 0 saturated heterocycles. The van der Waals surface area contributed by atoms with Gasteiger partial charge in [-0.1, -0.05) is 5.16 Å². The van der Waals surface area contributed by atoms with Gasteiger partial charge in [-0.3, -0.25) is 0 Å². The van der Waals surface area contributed by atoms with Gasteiger partial charge < -0.3 is 9.84 Å². The van der Waals surface area contributed by atoms with E-state index in [9.17, 15) is 0 Å². The molecule has 0 spiro atoms. The van der Waals surface area contributed by atoms with Crippen LogP contribution in [0.3, 0.4) is 0 Å². The number of aromatic nitrogens is 2. The van der Waals surface area contributed by atoms with E-state index in [2.05, 4.69) is 15.5 Å². The minimum absolute atomic E-state index is 0.509. The van der Waals surface area contributed by atoms with Crippen molar-refractivity contribution in [1.29, 1.82) is 0 Å².